The number of primary amides is 1. The zero-order valence-electron chi connectivity index (χ0n) is 14.2. The van der Waals surface area contributed by atoms with E-state index in [1.54, 1.807) is 0 Å². The summed E-state index contributed by atoms with van der Waals surface area (Å²) in [5.41, 5.74) is 5.28. The number of hydrogen-bond donors (Lipinski definition) is 2. The van der Waals surface area contributed by atoms with Gasteiger partial charge in [-0.15, -0.1) is 0 Å². The van der Waals surface area contributed by atoms with Crippen LogP contribution in [-0.4, -0.2) is 41.5 Å². The zero-order chi connectivity index (χ0) is 15.6. The third-order valence-corrected chi connectivity index (χ3v) is 5.18. The van der Waals surface area contributed by atoms with Crippen molar-refractivity contribution in [1.29, 1.82) is 0 Å². The number of nitrogens with two attached hydrogens (primary N) is 1. The van der Waals surface area contributed by atoms with Crippen LogP contribution in [0.4, 0.5) is 0 Å². The molecular weight excluding hydrogens is 262 g/mol. The molecule has 1 amide bonds. The second-order valence-electron chi connectivity index (χ2n) is 7.90. The summed E-state index contributed by atoms with van der Waals surface area (Å²) in [6.07, 6.45) is 5.38. The van der Waals surface area contributed by atoms with Gasteiger partial charge in [0, 0.05) is 25.2 Å². The van der Waals surface area contributed by atoms with Crippen molar-refractivity contribution in [1.82, 2.24) is 10.2 Å². The number of hydrogen-bond acceptors (Lipinski definition) is 3. The van der Waals surface area contributed by atoms with Crippen LogP contribution in [0, 0.1) is 11.8 Å². The zero-order valence-corrected chi connectivity index (χ0v) is 14.2. The lowest BCUT2D eigenvalue weighted by molar-refractivity contribution is -0.127. The van der Waals surface area contributed by atoms with Crippen LogP contribution in [0.15, 0.2) is 0 Å². The van der Waals surface area contributed by atoms with E-state index in [1.807, 2.05) is 0 Å². The van der Waals surface area contributed by atoms with Crippen molar-refractivity contribution in [2.75, 3.05) is 13.1 Å². The first kappa shape index (κ1) is 16.8. The maximum absolute atomic E-state index is 12.1. The van der Waals surface area contributed by atoms with Gasteiger partial charge in [-0.3, -0.25) is 9.69 Å². The molecule has 0 aromatic heterocycles. The Bertz CT molecular complexity index is 361. The standard InChI is InChI=1S/C17H33N3O/c1-12(2)19-17(16(18)21)7-5-6-15(9-17)20-10-13(3)8-14(4)11-20/h12-15,19H,5-11H2,1-4H3,(H2,18,21). The molecule has 0 spiro atoms. The first-order valence-corrected chi connectivity index (χ1v) is 8.64. The minimum absolute atomic E-state index is 0.168. The summed E-state index contributed by atoms with van der Waals surface area (Å²) in [4.78, 5) is 14.7. The lowest BCUT2D eigenvalue weighted by Crippen LogP contribution is -2.63. The van der Waals surface area contributed by atoms with E-state index in [1.165, 1.54) is 25.9 Å². The second kappa shape index (κ2) is 6.66. The molecule has 4 unspecified atom stereocenters. The fourth-order valence-electron chi connectivity index (χ4n) is 4.55. The molecule has 122 valence electrons. The number of nitrogens with one attached hydrogen (secondary N) is 1. The third kappa shape index (κ3) is 3.98. The van der Waals surface area contributed by atoms with Crippen LogP contribution < -0.4 is 11.1 Å². The van der Waals surface area contributed by atoms with Crippen molar-refractivity contribution in [2.24, 2.45) is 17.6 Å². The highest BCUT2D eigenvalue weighted by molar-refractivity contribution is 5.85. The van der Waals surface area contributed by atoms with E-state index in [0.717, 1.165) is 31.1 Å². The Morgan fingerprint density at radius 1 is 1.29 bits per heavy atom. The summed E-state index contributed by atoms with van der Waals surface area (Å²) in [6.45, 7) is 11.2. The van der Waals surface area contributed by atoms with E-state index in [0.29, 0.717) is 6.04 Å². The predicted octanol–water partition coefficient (Wildman–Crippen LogP) is 2.13. The molecule has 1 aliphatic carbocycles. The highest BCUT2D eigenvalue weighted by Gasteiger charge is 2.43. The first-order chi connectivity index (χ1) is 9.82. The molecule has 4 heteroatoms. The largest absolute Gasteiger partial charge is 0.368 e. The molecule has 2 aliphatic rings. The quantitative estimate of drug-likeness (QED) is 0.835. The molecule has 21 heavy (non-hydrogen) atoms. The van der Waals surface area contributed by atoms with Crippen molar-refractivity contribution in [2.45, 2.75) is 77.4 Å². The molecule has 0 aromatic carbocycles. The molecule has 1 aliphatic heterocycles. The molecule has 2 rings (SSSR count). The minimum Gasteiger partial charge on any atom is -0.368 e. The molecule has 0 bridgehead atoms. The van der Waals surface area contributed by atoms with Gasteiger partial charge in [-0.2, -0.15) is 0 Å². The Balaban J connectivity index is 2.09. The van der Waals surface area contributed by atoms with Crippen LogP contribution in [0.3, 0.4) is 0 Å². The van der Waals surface area contributed by atoms with Gasteiger partial charge in [0.05, 0.1) is 5.54 Å². The van der Waals surface area contributed by atoms with Gasteiger partial charge in [0.1, 0.15) is 0 Å². The van der Waals surface area contributed by atoms with Crippen molar-refractivity contribution in [3.05, 3.63) is 0 Å². The summed E-state index contributed by atoms with van der Waals surface area (Å²) in [5.74, 6) is 1.35. The van der Waals surface area contributed by atoms with Crippen molar-refractivity contribution in [3.8, 4) is 0 Å². The summed E-state index contributed by atoms with van der Waals surface area (Å²) in [5, 5.41) is 3.48. The average molecular weight is 295 g/mol. The lowest BCUT2D eigenvalue weighted by Gasteiger charge is -2.47. The predicted molar refractivity (Wildman–Crippen MR) is 87.0 cm³/mol. The van der Waals surface area contributed by atoms with Gasteiger partial charge in [0.2, 0.25) is 5.91 Å². The second-order valence-corrected chi connectivity index (χ2v) is 7.90. The Morgan fingerprint density at radius 2 is 1.90 bits per heavy atom. The van der Waals surface area contributed by atoms with E-state index < -0.39 is 5.54 Å². The molecule has 1 saturated carbocycles. The summed E-state index contributed by atoms with van der Waals surface area (Å²) in [7, 11) is 0. The van der Waals surface area contributed by atoms with E-state index in [-0.39, 0.29) is 11.9 Å². The maximum atomic E-state index is 12.1. The number of piperidine rings is 1. The first-order valence-electron chi connectivity index (χ1n) is 8.64. The summed E-state index contributed by atoms with van der Waals surface area (Å²) in [6, 6.07) is 0.790. The van der Waals surface area contributed by atoms with Crippen LogP contribution >= 0.6 is 0 Å². The smallest absolute Gasteiger partial charge is 0.237 e. The molecule has 4 nitrogen and oxygen atoms in total. The highest BCUT2D eigenvalue weighted by atomic mass is 16.1. The SMILES string of the molecule is CC1CC(C)CN(C2CCCC(NC(C)C)(C(N)=O)C2)C1. The molecule has 0 aromatic rings. The molecule has 3 N–H and O–H groups in total. The van der Waals surface area contributed by atoms with Crippen molar-refractivity contribution < 1.29 is 4.79 Å². The van der Waals surface area contributed by atoms with Gasteiger partial charge in [-0.1, -0.05) is 13.8 Å². The maximum Gasteiger partial charge on any atom is 0.237 e. The minimum atomic E-state index is -0.499. The Kier molecular flexibility index (Phi) is 5.31. The molecule has 1 saturated heterocycles. The normalized spacial score (nSPS) is 38.6. The monoisotopic (exact) mass is 295 g/mol. The topological polar surface area (TPSA) is 58.4 Å². The Morgan fingerprint density at radius 3 is 2.43 bits per heavy atom. The highest BCUT2D eigenvalue weighted by Crippen LogP contribution is 2.34. The molecule has 1 heterocycles. The fraction of sp³-hybridized carbons (Fsp3) is 0.941. The number of nitrogens with zero attached hydrogens (tertiary/aromatic N) is 1. The van der Waals surface area contributed by atoms with Crippen LogP contribution in [0.25, 0.3) is 0 Å². The van der Waals surface area contributed by atoms with Crippen molar-refractivity contribution in [3.63, 3.8) is 0 Å². The van der Waals surface area contributed by atoms with Gasteiger partial charge < -0.3 is 11.1 Å². The number of carbonyl (C=O) groups excluding carboxylic acids is 1. The third-order valence-electron chi connectivity index (χ3n) is 5.18. The van der Waals surface area contributed by atoms with Crippen LogP contribution in [0.2, 0.25) is 0 Å². The molecule has 2 fully saturated rings. The molecule has 4 atom stereocenters. The van der Waals surface area contributed by atoms with Crippen molar-refractivity contribution >= 4 is 5.91 Å². The lowest BCUT2D eigenvalue weighted by atomic mass is 9.76. The van der Waals surface area contributed by atoms with E-state index in [9.17, 15) is 4.79 Å². The van der Waals surface area contributed by atoms with Gasteiger partial charge in [-0.05, 0) is 57.8 Å². The van der Waals surface area contributed by atoms with Crippen LogP contribution in [0.5, 0.6) is 0 Å². The van der Waals surface area contributed by atoms with Crippen LogP contribution in [-0.2, 0) is 4.79 Å². The number of carbonyl (C=O) groups is 1. The Labute approximate surface area is 129 Å². The average Bonchev–Trinajstić information content (AvgIpc) is 2.36. The van der Waals surface area contributed by atoms with E-state index in [4.69, 9.17) is 5.73 Å². The van der Waals surface area contributed by atoms with Gasteiger partial charge >= 0.3 is 0 Å². The number of rotatable bonds is 4. The summed E-state index contributed by atoms with van der Waals surface area (Å²) < 4.78 is 0. The number of amides is 1. The number of likely N-dealkylation sites (tertiary alicyclic amines) is 1. The molecule has 0 radical (unpaired) electrons. The van der Waals surface area contributed by atoms with Gasteiger partial charge in [0.25, 0.3) is 0 Å². The van der Waals surface area contributed by atoms with Gasteiger partial charge in [0.15, 0.2) is 0 Å². The van der Waals surface area contributed by atoms with Crippen LogP contribution in [0.1, 0.15) is 59.8 Å². The Hall–Kier alpha value is -0.610. The summed E-state index contributed by atoms with van der Waals surface area (Å²) >= 11 is 0. The van der Waals surface area contributed by atoms with E-state index >= 15 is 0 Å². The van der Waals surface area contributed by atoms with E-state index in [2.05, 4.69) is 37.9 Å². The van der Waals surface area contributed by atoms with Gasteiger partial charge in [-0.25, -0.2) is 0 Å². The fourth-order valence-corrected chi connectivity index (χ4v) is 4.55. The molecular formula is C17H33N3O.